The van der Waals surface area contributed by atoms with E-state index in [1.54, 1.807) is 30.6 Å². The van der Waals surface area contributed by atoms with Crippen molar-refractivity contribution < 1.29 is 4.79 Å². The Bertz CT molecular complexity index is 743. The van der Waals surface area contributed by atoms with Gasteiger partial charge < -0.3 is 21.3 Å². The molecular formula is C17H22IN7O. The molecule has 138 valence electrons. The lowest BCUT2D eigenvalue weighted by atomic mass is 10.1. The van der Waals surface area contributed by atoms with Crippen molar-refractivity contribution in [2.75, 3.05) is 31.1 Å². The maximum Gasteiger partial charge on any atom is 0.248 e. The number of amides is 1. The van der Waals surface area contributed by atoms with Gasteiger partial charge in [-0.1, -0.05) is 12.1 Å². The molecule has 0 bridgehead atoms. The molecule has 0 saturated carbocycles. The Labute approximate surface area is 169 Å². The number of hydrogen-bond acceptors (Lipinski definition) is 5. The van der Waals surface area contributed by atoms with Crippen LogP contribution in [0.3, 0.4) is 0 Å². The summed E-state index contributed by atoms with van der Waals surface area (Å²) in [5.74, 6) is 0.828. The lowest BCUT2D eigenvalue weighted by molar-refractivity contribution is 0.100. The Morgan fingerprint density at radius 3 is 2.23 bits per heavy atom. The van der Waals surface area contributed by atoms with E-state index in [4.69, 9.17) is 11.5 Å². The summed E-state index contributed by atoms with van der Waals surface area (Å²) in [6.45, 7) is 3.61. The first-order valence-electron chi connectivity index (χ1n) is 8.09. The van der Waals surface area contributed by atoms with Gasteiger partial charge in [0.05, 0.1) is 6.54 Å². The standard InChI is InChI=1S/C17H21N7O.HI/c18-15(25)14-4-2-13(3-5-14)12-22-16(19)23-8-10-24(11-9-23)17-20-6-1-7-21-17;/h1-7H,8-12H2,(H2,18,25)(H2,19,22);1H. The van der Waals surface area contributed by atoms with Gasteiger partial charge in [0.2, 0.25) is 11.9 Å². The number of aliphatic imine (C=N–C) groups is 1. The highest BCUT2D eigenvalue weighted by molar-refractivity contribution is 14.0. The maximum atomic E-state index is 11.1. The predicted molar refractivity (Wildman–Crippen MR) is 112 cm³/mol. The van der Waals surface area contributed by atoms with Crippen molar-refractivity contribution in [3.63, 3.8) is 0 Å². The first-order valence-corrected chi connectivity index (χ1v) is 8.09. The molecule has 0 atom stereocenters. The Morgan fingerprint density at radius 1 is 1.04 bits per heavy atom. The average Bonchev–Trinajstić information content (AvgIpc) is 2.67. The highest BCUT2D eigenvalue weighted by Gasteiger charge is 2.19. The second-order valence-corrected chi connectivity index (χ2v) is 5.76. The molecule has 9 heteroatoms. The number of carbonyl (C=O) groups is 1. The maximum absolute atomic E-state index is 11.1. The van der Waals surface area contributed by atoms with Gasteiger partial charge in [0.1, 0.15) is 0 Å². The summed E-state index contributed by atoms with van der Waals surface area (Å²) < 4.78 is 0. The number of nitrogens with two attached hydrogens (primary N) is 2. The number of hydrogen-bond donors (Lipinski definition) is 2. The van der Waals surface area contributed by atoms with Gasteiger partial charge in [-0.25, -0.2) is 15.0 Å². The molecule has 26 heavy (non-hydrogen) atoms. The van der Waals surface area contributed by atoms with Crippen molar-refractivity contribution in [3.05, 3.63) is 53.9 Å². The first-order chi connectivity index (χ1) is 12.1. The van der Waals surface area contributed by atoms with Gasteiger partial charge in [0.15, 0.2) is 5.96 Å². The molecule has 0 aliphatic carbocycles. The summed E-state index contributed by atoms with van der Waals surface area (Å²) in [4.78, 5) is 28.2. The number of aromatic nitrogens is 2. The third-order valence-corrected chi connectivity index (χ3v) is 4.10. The van der Waals surface area contributed by atoms with Crippen LogP contribution in [-0.4, -0.2) is 52.9 Å². The van der Waals surface area contributed by atoms with Gasteiger partial charge in [-0.15, -0.1) is 24.0 Å². The zero-order valence-corrected chi connectivity index (χ0v) is 16.6. The summed E-state index contributed by atoms with van der Waals surface area (Å²) in [6, 6.07) is 8.87. The zero-order chi connectivity index (χ0) is 17.6. The predicted octanol–water partition coefficient (Wildman–Crippen LogP) is 0.830. The molecule has 2 heterocycles. The van der Waals surface area contributed by atoms with Crippen LogP contribution in [0.15, 0.2) is 47.7 Å². The van der Waals surface area contributed by atoms with Gasteiger partial charge in [-0.05, 0) is 23.8 Å². The lowest BCUT2D eigenvalue weighted by Crippen LogP contribution is -2.51. The summed E-state index contributed by atoms with van der Waals surface area (Å²) in [5, 5.41) is 0. The van der Waals surface area contributed by atoms with Crippen LogP contribution in [0.25, 0.3) is 0 Å². The molecule has 1 amide bonds. The molecule has 1 aliphatic rings. The smallest absolute Gasteiger partial charge is 0.248 e. The second kappa shape index (κ2) is 9.32. The number of halogens is 1. The number of benzene rings is 1. The molecule has 2 aromatic rings. The lowest BCUT2D eigenvalue weighted by Gasteiger charge is -2.35. The highest BCUT2D eigenvalue weighted by atomic mass is 127. The van der Waals surface area contributed by atoms with Crippen LogP contribution < -0.4 is 16.4 Å². The van der Waals surface area contributed by atoms with Gasteiger partial charge in [0.25, 0.3) is 0 Å². The Hall–Kier alpha value is -2.43. The number of guanidine groups is 1. The summed E-state index contributed by atoms with van der Waals surface area (Å²) >= 11 is 0. The highest BCUT2D eigenvalue weighted by Crippen LogP contribution is 2.10. The molecule has 1 aromatic carbocycles. The van der Waals surface area contributed by atoms with Gasteiger partial charge >= 0.3 is 0 Å². The van der Waals surface area contributed by atoms with Crippen molar-refractivity contribution in [3.8, 4) is 0 Å². The molecule has 0 unspecified atom stereocenters. The average molecular weight is 467 g/mol. The molecule has 1 saturated heterocycles. The third kappa shape index (κ3) is 5.04. The van der Waals surface area contributed by atoms with Crippen molar-refractivity contribution in [1.82, 2.24) is 14.9 Å². The van der Waals surface area contributed by atoms with Crippen LogP contribution >= 0.6 is 24.0 Å². The zero-order valence-electron chi connectivity index (χ0n) is 14.3. The summed E-state index contributed by atoms with van der Waals surface area (Å²) in [5.41, 5.74) is 12.8. The van der Waals surface area contributed by atoms with E-state index in [-0.39, 0.29) is 24.0 Å². The Balaban J connectivity index is 0.00000243. The molecule has 0 spiro atoms. The van der Waals surface area contributed by atoms with Crippen LogP contribution in [0.5, 0.6) is 0 Å². The van der Waals surface area contributed by atoms with Crippen LogP contribution in [0.1, 0.15) is 15.9 Å². The molecule has 3 rings (SSSR count). The van der Waals surface area contributed by atoms with E-state index < -0.39 is 5.91 Å². The number of anilines is 1. The number of nitrogens with zero attached hydrogens (tertiary/aromatic N) is 5. The molecular weight excluding hydrogens is 445 g/mol. The third-order valence-electron chi connectivity index (χ3n) is 4.10. The van der Waals surface area contributed by atoms with E-state index in [1.807, 2.05) is 12.1 Å². The van der Waals surface area contributed by atoms with Gasteiger partial charge in [-0.2, -0.15) is 0 Å². The molecule has 1 aromatic heterocycles. The second-order valence-electron chi connectivity index (χ2n) is 5.76. The molecule has 1 aliphatic heterocycles. The van der Waals surface area contributed by atoms with E-state index in [9.17, 15) is 4.79 Å². The van der Waals surface area contributed by atoms with E-state index in [1.165, 1.54) is 0 Å². The molecule has 1 fully saturated rings. The summed E-state index contributed by atoms with van der Waals surface area (Å²) in [7, 11) is 0. The van der Waals surface area contributed by atoms with Crippen molar-refractivity contribution in [2.45, 2.75) is 6.54 Å². The Morgan fingerprint density at radius 2 is 1.65 bits per heavy atom. The minimum atomic E-state index is -0.435. The number of rotatable bonds is 4. The van der Waals surface area contributed by atoms with Gasteiger partial charge in [0, 0.05) is 44.1 Å². The SMILES string of the molecule is I.NC(=O)c1ccc(CN=C(N)N2CCN(c3ncccn3)CC2)cc1. The van der Waals surface area contributed by atoms with Gasteiger partial charge in [-0.3, -0.25) is 4.79 Å². The molecule has 4 N–H and O–H groups in total. The summed E-state index contributed by atoms with van der Waals surface area (Å²) in [6.07, 6.45) is 3.49. The van der Waals surface area contributed by atoms with E-state index >= 15 is 0 Å². The van der Waals surface area contributed by atoms with Crippen LogP contribution in [0.2, 0.25) is 0 Å². The van der Waals surface area contributed by atoms with E-state index in [0.717, 1.165) is 37.7 Å². The van der Waals surface area contributed by atoms with Crippen molar-refractivity contribution in [2.24, 2.45) is 16.5 Å². The minimum absolute atomic E-state index is 0. The number of carbonyl (C=O) groups excluding carboxylic acids is 1. The van der Waals surface area contributed by atoms with Crippen molar-refractivity contribution in [1.29, 1.82) is 0 Å². The fraction of sp³-hybridized carbons (Fsp3) is 0.294. The Kier molecular flexibility index (Phi) is 7.13. The van der Waals surface area contributed by atoms with Crippen LogP contribution in [-0.2, 0) is 6.54 Å². The first kappa shape index (κ1) is 19.9. The fourth-order valence-electron chi connectivity index (χ4n) is 2.64. The van der Waals surface area contributed by atoms with E-state index in [2.05, 4.69) is 24.8 Å². The molecule has 0 radical (unpaired) electrons. The van der Waals surface area contributed by atoms with Crippen LogP contribution in [0.4, 0.5) is 5.95 Å². The van der Waals surface area contributed by atoms with E-state index in [0.29, 0.717) is 18.1 Å². The number of piperazine rings is 1. The monoisotopic (exact) mass is 467 g/mol. The van der Waals surface area contributed by atoms with Crippen molar-refractivity contribution >= 4 is 41.8 Å². The normalized spacial score (nSPS) is 14.7. The quantitative estimate of drug-likeness (QED) is 0.391. The van der Waals surface area contributed by atoms with Crippen LogP contribution in [0, 0.1) is 0 Å². The topological polar surface area (TPSA) is 114 Å². The largest absolute Gasteiger partial charge is 0.370 e. The fourth-order valence-corrected chi connectivity index (χ4v) is 2.64. The molecule has 8 nitrogen and oxygen atoms in total. The number of primary amides is 1. The minimum Gasteiger partial charge on any atom is -0.370 e.